The number of nitrogens with two attached hydrogens (primary N) is 1. The molecular weight excluding hydrogens is 1450 g/mol. The molecule has 12 N–H and O–H groups in total. The number of aromatic amines is 1. The van der Waals surface area contributed by atoms with E-state index in [1.807, 2.05) is 60.4 Å². The normalized spacial score (nSPS) is 20.7. The smallest absolute Gasteiger partial charge is 0.391 e. The number of aliphatic hydroxyl groups excluding tert-OH is 1. The van der Waals surface area contributed by atoms with Gasteiger partial charge in [0.2, 0.25) is 47.3 Å². The van der Waals surface area contributed by atoms with E-state index in [9.17, 15) is 80.6 Å². The number of hydrogen-bond donors (Lipinski definition) is 11. The summed E-state index contributed by atoms with van der Waals surface area (Å²) in [5.41, 5.74) is 3.32. The molecule has 6 heterocycles. The monoisotopic (exact) mass is 1540 g/mol. The molecule has 5 aliphatic rings. The maximum Gasteiger partial charge on any atom is 0.399 e. The van der Waals surface area contributed by atoms with E-state index in [0.717, 1.165) is 45.5 Å². The predicted octanol–water partition coefficient (Wildman–Crippen LogP) is 5.42. The summed E-state index contributed by atoms with van der Waals surface area (Å²) >= 11 is 1.48. The molecule has 109 heavy (non-hydrogen) atoms. The molecule has 5 fully saturated rings. The van der Waals surface area contributed by atoms with E-state index < -0.39 is 138 Å². The average Bonchev–Trinajstić information content (AvgIpc) is 1.73. The Labute approximate surface area is 632 Å². The van der Waals surface area contributed by atoms with E-state index in [-0.39, 0.29) is 93.0 Å². The molecule has 32 heteroatoms. The molecule has 1 saturated carbocycles. The van der Waals surface area contributed by atoms with E-state index in [2.05, 4.69) is 53.7 Å². The van der Waals surface area contributed by atoms with Crippen LogP contribution in [0.15, 0.2) is 109 Å². The molecule has 11 rings (SSSR count). The number of amides is 10. The van der Waals surface area contributed by atoms with Crippen molar-refractivity contribution in [3.63, 3.8) is 0 Å². The topological polar surface area (TPSA) is 388 Å². The number of carbonyl (C=O) groups is 10. The fourth-order valence-corrected chi connectivity index (χ4v) is 15.7. The lowest BCUT2D eigenvalue weighted by Gasteiger charge is -2.38. The van der Waals surface area contributed by atoms with Crippen LogP contribution in [0, 0.1) is 30.1 Å². The van der Waals surface area contributed by atoms with Gasteiger partial charge in [-0.15, -0.1) is 11.3 Å². The van der Waals surface area contributed by atoms with Crippen LogP contribution in [0.1, 0.15) is 147 Å². The van der Waals surface area contributed by atoms with Crippen LogP contribution >= 0.6 is 18.9 Å². The second-order valence-corrected chi connectivity index (χ2v) is 32.5. The van der Waals surface area contributed by atoms with E-state index in [1.54, 1.807) is 68.6 Å². The maximum atomic E-state index is 14.9. The number of benzene rings is 4. The number of nitrogens with zero attached hydrogens (tertiary/aromatic N) is 5. The summed E-state index contributed by atoms with van der Waals surface area (Å²) in [6, 6.07) is 18.6. The van der Waals surface area contributed by atoms with E-state index >= 15 is 0 Å². The fourth-order valence-electron chi connectivity index (χ4n) is 14.4. The first kappa shape index (κ1) is 80.2. The van der Waals surface area contributed by atoms with Crippen LogP contribution in [-0.2, 0) is 59.8 Å². The van der Waals surface area contributed by atoms with Gasteiger partial charge in [-0.3, -0.25) is 52.5 Å². The van der Waals surface area contributed by atoms with Gasteiger partial charge < -0.3 is 77.1 Å². The van der Waals surface area contributed by atoms with Crippen LogP contribution in [0.4, 0.5) is 13.2 Å². The number of aromatic nitrogens is 2. The molecule has 4 aliphatic heterocycles. The molecule has 10 amide bonds. The van der Waals surface area contributed by atoms with Crippen LogP contribution in [0.5, 0.6) is 0 Å². The van der Waals surface area contributed by atoms with Crippen LogP contribution in [0.2, 0.25) is 0 Å². The van der Waals surface area contributed by atoms with Crippen molar-refractivity contribution in [1.82, 2.24) is 61.5 Å². The summed E-state index contributed by atoms with van der Waals surface area (Å²) < 4.78 is 55.7. The summed E-state index contributed by atoms with van der Waals surface area (Å²) in [6.45, 7) is 8.27. The lowest BCUT2D eigenvalue weighted by Crippen LogP contribution is -2.61. The van der Waals surface area contributed by atoms with Crippen molar-refractivity contribution in [1.29, 1.82) is 0 Å². The Bertz CT molecular complexity index is 4530. The lowest BCUT2D eigenvalue weighted by atomic mass is 9.85. The van der Waals surface area contributed by atoms with Gasteiger partial charge in [0.1, 0.15) is 41.9 Å². The summed E-state index contributed by atoms with van der Waals surface area (Å²) in [4.78, 5) is 173. The van der Waals surface area contributed by atoms with Crippen LogP contribution in [-0.4, -0.2) is 198 Å². The number of halogens is 3. The summed E-state index contributed by atoms with van der Waals surface area (Å²) in [5, 5.41) is 27.7. The molecule has 580 valence electrons. The van der Waals surface area contributed by atoms with E-state index in [1.165, 1.54) is 27.2 Å². The maximum absolute atomic E-state index is 14.9. The fraction of sp³-hybridized carbons (Fsp3) is 0.468. The standard InChI is InChI=1S/C77H91F3N13O14PS/c1-44-65(109-43-83-44)50-19-17-48(18-20-50)57(86-70(100)61-39-54(94)41-92(61)73(103)66(75(2,3)4)89-74(104)76(78)31-32-76)40-63(96)91-35-28-47(29-36-91)16-13-45-11-14-46(15-12-45)27-33-82-71(101)64(49-9-7-6-8-10-49)88-67(97)56(24-26-62(81)95)85-69(99)60-25-22-53-30-34-90(5)42-59(72(102)93(53)60)87-68(98)58-38-51-37-52(21-23-55(51)84-58)77(79,80)108(105,106)107/h6-12,14-15,17-21,23,37-38,43,47,53-54,56-57,59-61,64,66,84,94H,22,24-36,39-42H2,1-5H3,(H2,81,95)(H,82,101)(H,85,99)(H,86,100)(H,87,98)(H,88,97)(H,89,104)(H2,105,106,107)/t53-,54-,56+,57+,59+,60+,61+,64+,66-/m1/s1. The Morgan fingerprint density at radius 2 is 1.51 bits per heavy atom. The third kappa shape index (κ3) is 19.3. The number of β-amino-alcohol motifs (C(OH)–C–C–N with tert-alkyl or cyclic N) is 1. The number of nitrogens with one attached hydrogen (secondary N) is 7. The number of thiazole rings is 1. The SMILES string of the molecule is Cc1ncsc1-c1ccc([C@H](CC(=O)N2CCC(C#Cc3ccc(CCNC(=O)[C@@H](NC(=O)[C@H](CCC(N)=O)NC(=O)[C@@H]4CC[C@@H]5CCN(C)C[C@H](NC(=O)c6cc7cc(C(F)(F)P(=O)(O)O)ccc7[nH]6)C(=O)N54)c4ccccc4)cc3)CC2)NC(=O)[C@@H]2C[C@@H](O)CN2C(=O)[C@@H](NC(=O)C2(F)CC2)C(C)(C)C)cc1. The zero-order valence-corrected chi connectivity index (χ0v) is 62.7. The number of fused-ring (bicyclic) bond motifs is 2. The van der Waals surface area contributed by atoms with Gasteiger partial charge in [0.15, 0.2) is 5.67 Å². The molecule has 4 aromatic carbocycles. The highest BCUT2D eigenvalue weighted by atomic mass is 32.1. The number of alkyl halides is 3. The molecule has 9 atom stereocenters. The Balaban J connectivity index is 0.684. The number of likely N-dealkylation sites (tertiary alicyclic amines) is 2. The van der Waals surface area contributed by atoms with Gasteiger partial charge >= 0.3 is 13.3 Å². The molecule has 0 radical (unpaired) electrons. The first-order chi connectivity index (χ1) is 51.6. The quantitative estimate of drug-likeness (QED) is 0.0252. The Morgan fingerprint density at radius 3 is 2.17 bits per heavy atom. The second-order valence-electron chi connectivity index (χ2n) is 30.0. The lowest BCUT2D eigenvalue weighted by molar-refractivity contribution is -0.145. The van der Waals surface area contributed by atoms with Crippen molar-refractivity contribution < 1.29 is 80.6 Å². The Kier molecular flexibility index (Phi) is 24.7. The number of piperidine rings is 1. The van der Waals surface area contributed by atoms with Crippen molar-refractivity contribution in [2.45, 2.75) is 171 Å². The van der Waals surface area contributed by atoms with Crippen molar-refractivity contribution in [2.24, 2.45) is 17.1 Å². The zero-order valence-electron chi connectivity index (χ0n) is 61.0. The Hall–Kier alpha value is -9.83. The molecule has 0 bridgehead atoms. The highest BCUT2D eigenvalue weighted by molar-refractivity contribution is 7.52. The van der Waals surface area contributed by atoms with E-state index in [0.29, 0.717) is 62.9 Å². The number of hydrogen-bond acceptors (Lipinski definition) is 15. The minimum atomic E-state index is -5.90. The number of aryl methyl sites for hydroxylation is 1. The number of H-pyrrole nitrogens is 1. The van der Waals surface area contributed by atoms with Gasteiger partial charge in [-0.05, 0) is 136 Å². The molecule has 4 saturated heterocycles. The molecular formula is C77H91F3N13O14PS. The van der Waals surface area contributed by atoms with Gasteiger partial charge in [0, 0.05) is 79.6 Å². The third-order valence-electron chi connectivity index (χ3n) is 20.9. The minimum absolute atomic E-state index is 0.00255. The number of primary amides is 1. The number of carbonyl (C=O) groups excluding carboxylic acids is 10. The first-order valence-corrected chi connectivity index (χ1v) is 38.9. The molecule has 0 spiro atoms. The van der Waals surface area contributed by atoms with Crippen molar-refractivity contribution in [2.75, 3.05) is 46.3 Å². The largest absolute Gasteiger partial charge is 0.399 e. The van der Waals surface area contributed by atoms with Gasteiger partial charge in [0.25, 0.3) is 11.8 Å². The third-order valence-corrected chi connectivity index (χ3v) is 22.8. The van der Waals surface area contributed by atoms with Crippen molar-refractivity contribution in [3.05, 3.63) is 148 Å². The van der Waals surface area contributed by atoms with Crippen LogP contribution in [0.3, 0.4) is 0 Å². The van der Waals surface area contributed by atoms with Gasteiger partial charge in [-0.2, -0.15) is 8.78 Å². The molecule has 6 aromatic rings. The van der Waals surface area contributed by atoms with Gasteiger partial charge in [-0.1, -0.05) is 105 Å². The highest BCUT2D eigenvalue weighted by Gasteiger charge is 2.54. The second kappa shape index (κ2) is 33.6. The van der Waals surface area contributed by atoms with Crippen molar-refractivity contribution >= 4 is 88.9 Å². The van der Waals surface area contributed by atoms with Gasteiger partial charge in [-0.25, -0.2) is 9.37 Å². The van der Waals surface area contributed by atoms with Gasteiger partial charge in [0.05, 0.1) is 34.6 Å². The van der Waals surface area contributed by atoms with E-state index in [4.69, 9.17) is 5.73 Å². The Morgan fingerprint density at radius 1 is 0.817 bits per heavy atom. The van der Waals surface area contributed by atoms with Crippen LogP contribution in [0.25, 0.3) is 21.3 Å². The molecule has 27 nitrogen and oxygen atoms in total. The molecule has 2 aromatic heterocycles. The number of likely N-dealkylation sites (N-methyl/N-ethyl adjacent to an activating group) is 1. The predicted molar refractivity (Wildman–Crippen MR) is 397 cm³/mol. The zero-order chi connectivity index (χ0) is 78.4. The van der Waals surface area contributed by atoms with Crippen molar-refractivity contribution in [3.8, 4) is 22.3 Å². The summed E-state index contributed by atoms with van der Waals surface area (Å²) in [6.07, 6.45) is 0.730. The summed E-state index contributed by atoms with van der Waals surface area (Å²) in [5.74, 6) is -0.104. The minimum Gasteiger partial charge on any atom is -0.391 e. The molecule has 0 unspecified atom stereocenters. The highest BCUT2D eigenvalue weighted by Crippen LogP contribution is 2.59. The first-order valence-electron chi connectivity index (χ1n) is 36.4. The number of rotatable bonds is 25. The van der Waals surface area contributed by atoms with Crippen LogP contribution < -0.4 is 37.6 Å². The molecule has 1 aliphatic carbocycles. The number of aliphatic hydroxyl groups is 1. The average molecular weight is 1540 g/mol. The summed E-state index contributed by atoms with van der Waals surface area (Å²) in [7, 11) is -4.15.